The Hall–Kier alpha value is -0.630. The third-order valence-corrected chi connectivity index (χ3v) is 6.19. The quantitative estimate of drug-likeness (QED) is 0.609. The first-order valence-electron chi connectivity index (χ1n) is 5.13. The Morgan fingerprint density at radius 1 is 1.17 bits per heavy atom. The number of benzene rings is 1. The van der Waals surface area contributed by atoms with Crippen molar-refractivity contribution in [3.05, 3.63) is 30.3 Å². The van der Waals surface area contributed by atoms with Crippen molar-refractivity contribution in [2.24, 2.45) is 0 Å². The molecule has 100 valence electrons. The standard InChI is InChI=1S/C10H11ClO5S2/c11-9-6-17(12,13)7-10(9)16-18(14,15)8-4-2-1-3-5-8/h1-5,9-10H,6-7H2/t9-,10+/m1/s1. The van der Waals surface area contributed by atoms with Gasteiger partial charge < -0.3 is 0 Å². The first kappa shape index (κ1) is 13.8. The summed E-state index contributed by atoms with van der Waals surface area (Å²) in [5.41, 5.74) is 0. The lowest BCUT2D eigenvalue weighted by atomic mass is 10.3. The molecule has 0 aliphatic carbocycles. The van der Waals surface area contributed by atoms with Crippen LogP contribution >= 0.6 is 11.6 Å². The molecule has 18 heavy (non-hydrogen) atoms. The van der Waals surface area contributed by atoms with E-state index in [1.807, 2.05) is 0 Å². The van der Waals surface area contributed by atoms with Gasteiger partial charge in [-0.25, -0.2) is 8.42 Å². The summed E-state index contributed by atoms with van der Waals surface area (Å²) in [5, 5.41) is -0.839. The fraction of sp³-hybridized carbons (Fsp3) is 0.400. The first-order chi connectivity index (χ1) is 8.30. The second-order valence-electron chi connectivity index (χ2n) is 3.99. The molecule has 0 radical (unpaired) electrons. The number of hydrogen-bond acceptors (Lipinski definition) is 5. The van der Waals surface area contributed by atoms with E-state index in [0.29, 0.717) is 0 Å². The number of sulfone groups is 1. The summed E-state index contributed by atoms with van der Waals surface area (Å²) < 4.78 is 51.3. The van der Waals surface area contributed by atoms with E-state index in [9.17, 15) is 16.8 Å². The maximum Gasteiger partial charge on any atom is 0.297 e. The van der Waals surface area contributed by atoms with Crippen molar-refractivity contribution in [3.63, 3.8) is 0 Å². The van der Waals surface area contributed by atoms with Crippen LogP contribution in [-0.2, 0) is 24.1 Å². The molecule has 1 aromatic carbocycles. The molecule has 1 heterocycles. The summed E-state index contributed by atoms with van der Waals surface area (Å²) in [6.45, 7) is 0. The molecule has 1 aromatic rings. The minimum atomic E-state index is -3.98. The first-order valence-corrected chi connectivity index (χ1v) is 8.80. The van der Waals surface area contributed by atoms with Crippen LogP contribution in [-0.4, -0.2) is 39.8 Å². The van der Waals surface area contributed by atoms with E-state index in [1.54, 1.807) is 18.2 Å². The van der Waals surface area contributed by atoms with E-state index in [2.05, 4.69) is 0 Å². The molecular formula is C10H11ClO5S2. The molecule has 1 aliphatic heterocycles. The van der Waals surface area contributed by atoms with E-state index in [1.165, 1.54) is 12.1 Å². The van der Waals surface area contributed by atoms with Gasteiger partial charge in [0.1, 0.15) is 6.10 Å². The van der Waals surface area contributed by atoms with E-state index in [0.717, 1.165) is 0 Å². The maximum atomic E-state index is 11.9. The van der Waals surface area contributed by atoms with Gasteiger partial charge in [-0.2, -0.15) is 8.42 Å². The molecular weight excluding hydrogens is 300 g/mol. The monoisotopic (exact) mass is 310 g/mol. The Labute approximate surface area is 111 Å². The lowest BCUT2D eigenvalue weighted by molar-refractivity contribution is 0.239. The summed E-state index contributed by atoms with van der Waals surface area (Å²) in [7, 11) is -7.30. The van der Waals surface area contributed by atoms with Gasteiger partial charge in [0.05, 0.1) is 21.8 Å². The fourth-order valence-electron chi connectivity index (χ4n) is 1.67. The third-order valence-electron chi connectivity index (χ3n) is 2.52. The highest BCUT2D eigenvalue weighted by Gasteiger charge is 2.40. The predicted octanol–water partition coefficient (Wildman–Crippen LogP) is 0.796. The molecule has 2 atom stereocenters. The smallest absolute Gasteiger partial charge is 0.260 e. The molecule has 1 fully saturated rings. The van der Waals surface area contributed by atoms with Crippen LogP contribution in [0.5, 0.6) is 0 Å². The van der Waals surface area contributed by atoms with Crippen molar-refractivity contribution in [1.82, 2.24) is 0 Å². The molecule has 0 bridgehead atoms. The average molecular weight is 311 g/mol. The zero-order valence-corrected chi connectivity index (χ0v) is 11.6. The van der Waals surface area contributed by atoms with Gasteiger partial charge in [0, 0.05) is 0 Å². The Kier molecular flexibility index (Phi) is 3.68. The molecule has 0 N–H and O–H groups in total. The summed E-state index contributed by atoms with van der Waals surface area (Å²) in [5.74, 6) is -0.628. The van der Waals surface area contributed by atoms with Crippen molar-refractivity contribution >= 4 is 31.6 Å². The van der Waals surface area contributed by atoms with Crippen LogP contribution in [0.15, 0.2) is 35.2 Å². The van der Waals surface area contributed by atoms with Crippen molar-refractivity contribution in [2.75, 3.05) is 11.5 Å². The van der Waals surface area contributed by atoms with Crippen molar-refractivity contribution in [1.29, 1.82) is 0 Å². The van der Waals surface area contributed by atoms with Crippen LogP contribution in [0.3, 0.4) is 0 Å². The normalized spacial score (nSPS) is 27.2. The third kappa shape index (κ3) is 3.03. The highest BCUT2D eigenvalue weighted by Crippen LogP contribution is 2.24. The van der Waals surface area contributed by atoms with Crippen LogP contribution in [0.25, 0.3) is 0 Å². The number of hydrogen-bond donors (Lipinski definition) is 0. The van der Waals surface area contributed by atoms with Crippen LogP contribution in [0.2, 0.25) is 0 Å². The zero-order valence-electron chi connectivity index (χ0n) is 9.19. The lowest BCUT2D eigenvalue weighted by Crippen LogP contribution is -2.26. The van der Waals surface area contributed by atoms with Crippen molar-refractivity contribution in [2.45, 2.75) is 16.4 Å². The predicted molar refractivity (Wildman–Crippen MR) is 66.8 cm³/mol. The summed E-state index contributed by atoms with van der Waals surface area (Å²) in [6.07, 6.45) is -1.03. The molecule has 0 aromatic heterocycles. The Morgan fingerprint density at radius 2 is 1.78 bits per heavy atom. The SMILES string of the molecule is O=S1(=O)C[C@@H](Cl)[C@@H](OS(=O)(=O)c2ccccc2)C1. The van der Waals surface area contributed by atoms with Crippen LogP contribution in [0.1, 0.15) is 0 Å². The van der Waals surface area contributed by atoms with Gasteiger partial charge in [0.15, 0.2) is 9.84 Å². The second-order valence-corrected chi connectivity index (χ2v) is 8.28. The molecule has 1 aliphatic rings. The van der Waals surface area contributed by atoms with E-state index in [4.69, 9.17) is 15.8 Å². The van der Waals surface area contributed by atoms with E-state index >= 15 is 0 Å². The Bertz CT molecular complexity index is 623. The minimum absolute atomic E-state index is 0.0156. The highest BCUT2D eigenvalue weighted by molar-refractivity contribution is 7.92. The fourth-order valence-corrected chi connectivity index (χ4v) is 5.40. The molecule has 5 nitrogen and oxygen atoms in total. The lowest BCUT2D eigenvalue weighted by Gasteiger charge is -2.13. The number of rotatable bonds is 3. The Balaban J connectivity index is 2.20. The molecule has 0 amide bonds. The van der Waals surface area contributed by atoms with Crippen molar-refractivity contribution < 1.29 is 21.0 Å². The molecule has 1 saturated heterocycles. The van der Waals surface area contributed by atoms with Crippen LogP contribution in [0.4, 0.5) is 0 Å². The topological polar surface area (TPSA) is 77.5 Å². The van der Waals surface area contributed by atoms with E-state index < -0.39 is 31.4 Å². The van der Waals surface area contributed by atoms with Gasteiger partial charge in [-0.1, -0.05) is 18.2 Å². The average Bonchev–Trinajstić information content (AvgIpc) is 2.52. The van der Waals surface area contributed by atoms with Crippen LogP contribution in [0, 0.1) is 0 Å². The van der Waals surface area contributed by atoms with Crippen molar-refractivity contribution in [3.8, 4) is 0 Å². The van der Waals surface area contributed by atoms with Gasteiger partial charge in [-0.15, -0.1) is 11.6 Å². The summed E-state index contributed by atoms with van der Waals surface area (Å²) in [6, 6.07) is 7.53. The maximum absolute atomic E-state index is 11.9. The molecule has 0 spiro atoms. The van der Waals surface area contributed by atoms with Gasteiger partial charge in [0.2, 0.25) is 0 Å². The van der Waals surface area contributed by atoms with Gasteiger partial charge in [-0.3, -0.25) is 4.18 Å². The minimum Gasteiger partial charge on any atom is -0.260 e. The summed E-state index contributed by atoms with van der Waals surface area (Å²) in [4.78, 5) is -0.0156. The molecule has 0 saturated carbocycles. The molecule has 8 heteroatoms. The number of alkyl halides is 1. The Morgan fingerprint density at radius 3 is 2.28 bits per heavy atom. The second kappa shape index (κ2) is 4.80. The zero-order chi connectivity index (χ0) is 13.4. The molecule has 2 rings (SSSR count). The van der Waals surface area contributed by atoms with Gasteiger partial charge in [0.25, 0.3) is 10.1 Å². The summed E-state index contributed by atoms with van der Waals surface area (Å²) >= 11 is 5.79. The van der Waals surface area contributed by atoms with E-state index in [-0.39, 0.29) is 16.4 Å². The van der Waals surface area contributed by atoms with Crippen LogP contribution < -0.4 is 0 Å². The number of halogens is 1. The highest BCUT2D eigenvalue weighted by atomic mass is 35.5. The largest absolute Gasteiger partial charge is 0.297 e. The molecule has 0 unspecified atom stereocenters. The van der Waals surface area contributed by atoms with Gasteiger partial charge >= 0.3 is 0 Å². The van der Waals surface area contributed by atoms with Gasteiger partial charge in [-0.05, 0) is 12.1 Å².